The van der Waals surface area contributed by atoms with Crippen molar-refractivity contribution in [3.05, 3.63) is 33.8 Å². The predicted molar refractivity (Wildman–Crippen MR) is 74.3 cm³/mol. The highest BCUT2D eigenvalue weighted by Crippen LogP contribution is 2.17. The molecule has 0 aliphatic carbocycles. The van der Waals surface area contributed by atoms with Crippen molar-refractivity contribution in [1.82, 2.24) is 4.90 Å². The number of aryl methyl sites for hydroxylation is 1. The number of hydrogen-bond acceptors (Lipinski definition) is 1. The van der Waals surface area contributed by atoms with Crippen LogP contribution in [0.1, 0.15) is 22.3 Å². The summed E-state index contributed by atoms with van der Waals surface area (Å²) in [6.07, 6.45) is 0.970. The zero-order chi connectivity index (χ0) is 12.1. The van der Waals surface area contributed by atoms with Gasteiger partial charge in [-0.15, -0.1) is 0 Å². The average molecular weight is 349 g/mol. The largest absolute Gasteiger partial charge is 0.342 e. The van der Waals surface area contributed by atoms with Gasteiger partial charge in [0, 0.05) is 29.0 Å². The summed E-state index contributed by atoms with van der Waals surface area (Å²) in [5, 5.41) is 0.921. The lowest BCUT2D eigenvalue weighted by Crippen LogP contribution is -2.27. The van der Waals surface area contributed by atoms with E-state index in [1.165, 1.54) is 0 Å². The molecule has 1 amide bonds. The van der Waals surface area contributed by atoms with Crippen LogP contribution in [0.25, 0.3) is 0 Å². The van der Waals surface area contributed by atoms with Gasteiger partial charge in [0.2, 0.25) is 0 Å². The quantitative estimate of drug-likeness (QED) is 0.761. The summed E-state index contributed by atoms with van der Waals surface area (Å²) in [7, 11) is 1.84. The SMILES string of the molecule is Cc1cc(C(=O)N(C)CCCBr)ccc1Br. The van der Waals surface area contributed by atoms with E-state index in [0.29, 0.717) is 0 Å². The highest BCUT2D eigenvalue weighted by Gasteiger charge is 2.11. The summed E-state index contributed by atoms with van der Waals surface area (Å²) < 4.78 is 1.03. The number of hydrogen-bond donors (Lipinski definition) is 0. The second-order valence-corrected chi connectivity index (χ2v) is 5.38. The summed E-state index contributed by atoms with van der Waals surface area (Å²) in [4.78, 5) is 13.8. The normalized spacial score (nSPS) is 10.2. The molecule has 0 atom stereocenters. The fraction of sp³-hybridized carbons (Fsp3) is 0.417. The van der Waals surface area contributed by atoms with Gasteiger partial charge in [0.1, 0.15) is 0 Å². The smallest absolute Gasteiger partial charge is 0.253 e. The Morgan fingerprint density at radius 1 is 1.44 bits per heavy atom. The van der Waals surface area contributed by atoms with Crippen molar-refractivity contribution in [3.63, 3.8) is 0 Å². The summed E-state index contributed by atoms with van der Waals surface area (Å²) in [5.41, 5.74) is 1.83. The molecule has 0 N–H and O–H groups in total. The van der Waals surface area contributed by atoms with Crippen molar-refractivity contribution in [3.8, 4) is 0 Å². The average Bonchev–Trinajstić information content (AvgIpc) is 2.28. The first kappa shape index (κ1) is 13.7. The van der Waals surface area contributed by atoms with E-state index in [9.17, 15) is 4.79 Å². The molecule has 0 aliphatic rings. The number of carbonyl (C=O) groups is 1. The summed E-state index contributed by atoms with van der Waals surface area (Å²) in [5.74, 6) is 0.0801. The molecule has 1 aromatic rings. The summed E-state index contributed by atoms with van der Waals surface area (Å²) in [6.45, 7) is 2.76. The van der Waals surface area contributed by atoms with Crippen molar-refractivity contribution in [2.45, 2.75) is 13.3 Å². The Labute approximate surface area is 113 Å². The van der Waals surface area contributed by atoms with Gasteiger partial charge >= 0.3 is 0 Å². The number of alkyl halides is 1. The Kier molecular flexibility index (Phi) is 5.49. The molecule has 0 heterocycles. The minimum Gasteiger partial charge on any atom is -0.342 e. The second kappa shape index (κ2) is 6.40. The van der Waals surface area contributed by atoms with Gasteiger partial charge < -0.3 is 4.90 Å². The third-order valence-corrected chi connectivity index (χ3v) is 3.83. The van der Waals surface area contributed by atoms with E-state index in [0.717, 1.165) is 33.9 Å². The molecule has 0 spiro atoms. The zero-order valence-corrected chi connectivity index (χ0v) is 12.6. The van der Waals surface area contributed by atoms with Crippen LogP contribution in [0.3, 0.4) is 0 Å². The third kappa shape index (κ3) is 3.59. The van der Waals surface area contributed by atoms with E-state index in [2.05, 4.69) is 31.9 Å². The third-order valence-electron chi connectivity index (χ3n) is 2.38. The molecule has 4 heteroatoms. The molecule has 0 saturated carbocycles. The van der Waals surface area contributed by atoms with Gasteiger partial charge in [-0.2, -0.15) is 0 Å². The predicted octanol–water partition coefficient (Wildman–Crippen LogP) is 3.61. The van der Waals surface area contributed by atoms with Gasteiger partial charge in [-0.3, -0.25) is 4.79 Å². The molecule has 1 aromatic carbocycles. The molecular formula is C12H15Br2NO. The second-order valence-electron chi connectivity index (χ2n) is 3.73. The van der Waals surface area contributed by atoms with Crippen LogP contribution >= 0.6 is 31.9 Å². The van der Waals surface area contributed by atoms with Gasteiger partial charge in [0.15, 0.2) is 0 Å². The highest BCUT2D eigenvalue weighted by atomic mass is 79.9. The Morgan fingerprint density at radius 2 is 2.12 bits per heavy atom. The Hall–Kier alpha value is -0.350. The van der Waals surface area contributed by atoms with Crippen LogP contribution in [0.4, 0.5) is 0 Å². The van der Waals surface area contributed by atoms with Crippen molar-refractivity contribution in [2.75, 3.05) is 18.9 Å². The van der Waals surface area contributed by atoms with Crippen LogP contribution in [0, 0.1) is 6.92 Å². The van der Waals surface area contributed by atoms with E-state index in [1.54, 1.807) is 4.90 Å². The van der Waals surface area contributed by atoms with E-state index in [4.69, 9.17) is 0 Å². The van der Waals surface area contributed by atoms with Crippen molar-refractivity contribution >= 4 is 37.8 Å². The molecule has 0 unspecified atom stereocenters. The maximum absolute atomic E-state index is 12.0. The summed E-state index contributed by atoms with van der Waals surface area (Å²) >= 11 is 6.79. The topological polar surface area (TPSA) is 20.3 Å². The van der Waals surface area contributed by atoms with Crippen LogP contribution in [0.15, 0.2) is 22.7 Å². The first-order valence-corrected chi connectivity index (χ1v) is 7.05. The highest BCUT2D eigenvalue weighted by molar-refractivity contribution is 9.10. The van der Waals surface area contributed by atoms with Gasteiger partial charge in [-0.25, -0.2) is 0 Å². The van der Waals surface area contributed by atoms with Crippen LogP contribution in [0.2, 0.25) is 0 Å². The lowest BCUT2D eigenvalue weighted by Gasteiger charge is -2.16. The Balaban J connectivity index is 2.76. The van der Waals surface area contributed by atoms with E-state index in [1.807, 2.05) is 32.2 Å². The monoisotopic (exact) mass is 347 g/mol. The molecule has 0 aliphatic heterocycles. The lowest BCUT2D eigenvalue weighted by atomic mass is 10.1. The fourth-order valence-corrected chi connectivity index (χ4v) is 1.89. The molecular weight excluding hydrogens is 334 g/mol. The number of halogens is 2. The first-order chi connectivity index (χ1) is 7.56. The molecule has 0 aromatic heterocycles. The molecule has 2 nitrogen and oxygen atoms in total. The van der Waals surface area contributed by atoms with E-state index >= 15 is 0 Å². The Bertz CT molecular complexity index is 379. The lowest BCUT2D eigenvalue weighted by molar-refractivity contribution is 0.0795. The first-order valence-electron chi connectivity index (χ1n) is 5.14. The van der Waals surface area contributed by atoms with Gasteiger partial charge in [-0.1, -0.05) is 31.9 Å². The minimum atomic E-state index is 0.0801. The number of rotatable bonds is 4. The maximum Gasteiger partial charge on any atom is 0.253 e. The van der Waals surface area contributed by atoms with Gasteiger partial charge in [-0.05, 0) is 37.1 Å². The number of amides is 1. The van der Waals surface area contributed by atoms with Crippen LogP contribution in [0.5, 0.6) is 0 Å². The molecule has 0 saturated heterocycles. The number of carbonyl (C=O) groups excluding carboxylic acids is 1. The molecule has 0 bridgehead atoms. The zero-order valence-electron chi connectivity index (χ0n) is 9.46. The summed E-state index contributed by atoms with van der Waals surface area (Å²) in [6, 6.07) is 5.68. The molecule has 0 fully saturated rings. The maximum atomic E-state index is 12.0. The molecule has 1 rings (SSSR count). The van der Waals surface area contributed by atoms with E-state index < -0.39 is 0 Å². The number of benzene rings is 1. The number of nitrogens with zero attached hydrogens (tertiary/aromatic N) is 1. The fourth-order valence-electron chi connectivity index (χ4n) is 1.40. The van der Waals surface area contributed by atoms with Crippen LogP contribution in [-0.4, -0.2) is 29.7 Å². The molecule has 16 heavy (non-hydrogen) atoms. The van der Waals surface area contributed by atoms with Gasteiger partial charge in [0.25, 0.3) is 5.91 Å². The van der Waals surface area contributed by atoms with Gasteiger partial charge in [0.05, 0.1) is 0 Å². The molecule has 88 valence electrons. The van der Waals surface area contributed by atoms with Crippen molar-refractivity contribution in [1.29, 1.82) is 0 Å². The van der Waals surface area contributed by atoms with Crippen molar-refractivity contribution < 1.29 is 4.79 Å². The van der Waals surface area contributed by atoms with Crippen LogP contribution in [-0.2, 0) is 0 Å². The molecule has 0 radical (unpaired) electrons. The minimum absolute atomic E-state index is 0.0801. The van der Waals surface area contributed by atoms with E-state index in [-0.39, 0.29) is 5.91 Å². The Morgan fingerprint density at radius 3 is 2.69 bits per heavy atom. The van der Waals surface area contributed by atoms with Crippen molar-refractivity contribution in [2.24, 2.45) is 0 Å². The van der Waals surface area contributed by atoms with Crippen LogP contribution < -0.4 is 0 Å². The standard InChI is InChI=1S/C12H15Br2NO/c1-9-8-10(4-5-11(9)14)12(16)15(2)7-3-6-13/h4-5,8H,3,6-7H2,1-2H3.